The molecule has 2 aliphatic rings. The first-order valence-corrected chi connectivity index (χ1v) is 7.43. The van der Waals surface area contributed by atoms with E-state index in [9.17, 15) is 9.59 Å². The van der Waals surface area contributed by atoms with Gasteiger partial charge in [-0.25, -0.2) is 9.78 Å². The van der Waals surface area contributed by atoms with Crippen molar-refractivity contribution in [3.8, 4) is 0 Å². The van der Waals surface area contributed by atoms with Gasteiger partial charge in [0, 0.05) is 38.6 Å². The van der Waals surface area contributed by atoms with Crippen LogP contribution in [-0.2, 0) is 11.3 Å². The summed E-state index contributed by atoms with van der Waals surface area (Å²) < 4.78 is 0. The summed E-state index contributed by atoms with van der Waals surface area (Å²) in [6, 6.07) is 0.0192. The number of carbonyl (C=O) groups excluding carboxylic acids is 2. The lowest BCUT2D eigenvalue weighted by Crippen LogP contribution is -2.46. The van der Waals surface area contributed by atoms with Crippen LogP contribution in [0.15, 0.2) is 12.4 Å². The third-order valence-corrected chi connectivity index (χ3v) is 4.46. The molecule has 2 bridgehead atoms. The number of nitrogens with one attached hydrogen (secondary N) is 2. The molecule has 3 rings (SSSR count). The molecule has 0 spiro atoms. The molecule has 2 fully saturated rings. The van der Waals surface area contributed by atoms with Gasteiger partial charge in [0.2, 0.25) is 5.91 Å². The number of urea groups is 1. The van der Waals surface area contributed by atoms with Crippen LogP contribution >= 0.6 is 0 Å². The van der Waals surface area contributed by atoms with Crippen LogP contribution in [0.4, 0.5) is 4.79 Å². The van der Waals surface area contributed by atoms with Crippen LogP contribution in [0.25, 0.3) is 0 Å². The molecule has 2 N–H and O–H groups in total. The Hall–Kier alpha value is -2.05. The molecule has 7 heteroatoms. The number of imidazole rings is 1. The number of aromatic nitrogens is 2. The van der Waals surface area contributed by atoms with E-state index in [1.54, 1.807) is 17.3 Å². The summed E-state index contributed by atoms with van der Waals surface area (Å²) in [5, 5.41) is 2.86. The highest BCUT2D eigenvalue weighted by Gasteiger charge is 2.37. The maximum atomic E-state index is 12.3. The predicted octanol–water partition coefficient (Wildman–Crippen LogP) is 0.562. The molecule has 0 aliphatic carbocycles. The average Bonchev–Trinajstić information content (AvgIpc) is 2.89. The quantitative estimate of drug-likeness (QED) is 0.835. The Morgan fingerprint density at radius 1 is 1.48 bits per heavy atom. The van der Waals surface area contributed by atoms with Crippen LogP contribution in [0, 0.1) is 5.92 Å². The summed E-state index contributed by atoms with van der Waals surface area (Å²) in [6.45, 7) is 1.51. The Morgan fingerprint density at radius 3 is 3.10 bits per heavy atom. The molecule has 0 radical (unpaired) electrons. The number of fused-ring (bicyclic) bond motifs is 3. The van der Waals surface area contributed by atoms with Crippen molar-refractivity contribution in [2.45, 2.75) is 31.8 Å². The molecule has 1 aromatic rings. The Bertz CT molecular complexity index is 515. The molecule has 7 nitrogen and oxygen atoms in total. The third kappa shape index (κ3) is 2.86. The van der Waals surface area contributed by atoms with Crippen LogP contribution in [0.5, 0.6) is 0 Å². The smallest absolute Gasteiger partial charge is 0.317 e. The summed E-state index contributed by atoms with van der Waals surface area (Å²) in [6.07, 6.45) is 6.30. The molecular formula is C14H21N5O2. The van der Waals surface area contributed by atoms with Gasteiger partial charge in [0.1, 0.15) is 5.82 Å². The number of amides is 3. The molecule has 114 valence electrons. The maximum Gasteiger partial charge on any atom is 0.317 e. The zero-order valence-electron chi connectivity index (χ0n) is 12.2. The van der Waals surface area contributed by atoms with Crippen molar-refractivity contribution in [2.75, 3.05) is 20.1 Å². The number of hydrogen-bond donors (Lipinski definition) is 2. The molecule has 1 aromatic heterocycles. The van der Waals surface area contributed by atoms with Gasteiger partial charge >= 0.3 is 6.03 Å². The van der Waals surface area contributed by atoms with Gasteiger partial charge in [-0.3, -0.25) is 4.79 Å². The van der Waals surface area contributed by atoms with E-state index in [-0.39, 0.29) is 23.9 Å². The Kier molecular flexibility index (Phi) is 3.81. The molecule has 0 aromatic carbocycles. The number of H-pyrrole nitrogens is 1. The number of carbonyl (C=O) groups is 2. The van der Waals surface area contributed by atoms with Crippen molar-refractivity contribution in [1.82, 2.24) is 25.1 Å². The average molecular weight is 291 g/mol. The van der Waals surface area contributed by atoms with Gasteiger partial charge in [0.05, 0.1) is 12.5 Å². The Labute approximate surface area is 123 Å². The second-order valence-electron chi connectivity index (χ2n) is 5.83. The molecule has 2 atom stereocenters. The van der Waals surface area contributed by atoms with E-state index < -0.39 is 0 Å². The van der Waals surface area contributed by atoms with Gasteiger partial charge in [0.25, 0.3) is 0 Å². The SMILES string of the molecule is CN1C(=O)[C@@H]2CCC[C@H]1CN(C(=O)NCc1ncc[nH]1)C2. The minimum absolute atomic E-state index is 0.0585. The Morgan fingerprint density at radius 2 is 2.33 bits per heavy atom. The first kappa shape index (κ1) is 13.9. The van der Waals surface area contributed by atoms with Crippen molar-refractivity contribution in [2.24, 2.45) is 5.92 Å². The van der Waals surface area contributed by atoms with E-state index in [4.69, 9.17) is 0 Å². The fourth-order valence-corrected chi connectivity index (χ4v) is 3.19. The van der Waals surface area contributed by atoms with Gasteiger partial charge in [-0.1, -0.05) is 6.42 Å². The van der Waals surface area contributed by atoms with Gasteiger partial charge in [-0.15, -0.1) is 0 Å². The van der Waals surface area contributed by atoms with Crippen LogP contribution in [0.3, 0.4) is 0 Å². The zero-order chi connectivity index (χ0) is 14.8. The lowest BCUT2D eigenvalue weighted by Gasteiger charge is -2.29. The van der Waals surface area contributed by atoms with Gasteiger partial charge in [-0.05, 0) is 12.8 Å². The molecule has 3 heterocycles. The van der Waals surface area contributed by atoms with E-state index in [0.29, 0.717) is 19.6 Å². The van der Waals surface area contributed by atoms with Crippen molar-refractivity contribution in [3.05, 3.63) is 18.2 Å². The predicted molar refractivity (Wildman–Crippen MR) is 76.3 cm³/mol. The molecular weight excluding hydrogens is 270 g/mol. The van der Waals surface area contributed by atoms with Crippen molar-refractivity contribution in [3.63, 3.8) is 0 Å². The number of hydrogen-bond acceptors (Lipinski definition) is 3. The molecule has 2 aliphatic heterocycles. The highest BCUT2D eigenvalue weighted by molar-refractivity contribution is 5.82. The lowest BCUT2D eigenvalue weighted by molar-refractivity contribution is -0.134. The normalized spacial score (nSPS) is 25.7. The van der Waals surface area contributed by atoms with Crippen LogP contribution < -0.4 is 5.32 Å². The first-order chi connectivity index (χ1) is 10.1. The van der Waals surface area contributed by atoms with Gasteiger partial charge in [-0.2, -0.15) is 0 Å². The largest absolute Gasteiger partial charge is 0.347 e. The monoisotopic (exact) mass is 291 g/mol. The van der Waals surface area contributed by atoms with Crippen molar-refractivity contribution in [1.29, 1.82) is 0 Å². The van der Waals surface area contributed by atoms with Crippen LogP contribution in [0.2, 0.25) is 0 Å². The second kappa shape index (κ2) is 5.75. The minimum atomic E-state index is -0.119. The van der Waals surface area contributed by atoms with E-state index in [1.165, 1.54) is 0 Å². The highest BCUT2D eigenvalue weighted by atomic mass is 16.2. The van der Waals surface area contributed by atoms with E-state index in [1.807, 2.05) is 11.9 Å². The number of rotatable bonds is 2. The second-order valence-corrected chi connectivity index (χ2v) is 5.83. The number of aromatic amines is 1. The molecule has 2 saturated heterocycles. The summed E-state index contributed by atoms with van der Waals surface area (Å²) >= 11 is 0. The van der Waals surface area contributed by atoms with E-state index >= 15 is 0 Å². The fourth-order valence-electron chi connectivity index (χ4n) is 3.19. The summed E-state index contributed by atoms with van der Waals surface area (Å²) in [4.78, 5) is 35.3. The molecule has 21 heavy (non-hydrogen) atoms. The standard InChI is InChI=1S/C14H21N5O2/c1-18-11-4-2-3-10(13(18)20)8-19(9-11)14(21)17-7-12-15-5-6-16-12/h5-6,10-11H,2-4,7-9H2,1H3,(H,15,16)(H,17,21)/t10-,11+/m1/s1. The first-order valence-electron chi connectivity index (χ1n) is 7.43. The van der Waals surface area contributed by atoms with Gasteiger partial charge < -0.3 is 20.1 Å². The van der Waals surface area contributed by atoms with Crippen molar-refractivity contribution >= 4 is 11.9 Å². The molecule has 0 saturated carbocycles. The zero-order valence-corrected chi connectivity index (χ0v) is 12.2. The van der Waals surface area contributed by atoms with Crippen LogP contribution in [-0.4, -0.2) is 57.9 Å². The van der Waals surface area contributed by atoms with Crippen molar-refractivity contribution < 1.29 is 9.59 Å². The third-order valence-electron chi connectivity index (χ3n) is 4.46. The minimum Gasteiger partial charge on any atom is -0.347 e. The van der Waals surface area contributed by atoms with E-state index in [2.05, 4.69) is 15.3 Å². The maximum absolute atomic E-state index is 12.3. The van der Waals surface area contributed by atoms with Gasteiger partial charge in [0.15, 0.2) is 0 Å². The Balaban J connectivity index is 1.65. The van der Waals surface area contributed by atoms with Crippen LogP contribution in [0.1, 0.15) is 25.1 Å². The highest BCUT2D eigenvalue weighted by Crippen LogP contribution is 2.26. The number of nitrogens with zero attached hydrogens (tertiary/aromatic N) is 3. The molecule has 3 amide bonds. The number of likely N-dealkylation sites (N-methyl/N-ethyl adjacent to an activating group) is 1. The van der Waals surface area contributed by atoms with E-state index in [0.717, 1.165) is 25.1 Å². The summed E-state index contributed by atoms with van der Waals surface area (Å²) in [5.41, 5.74) is 0. The number of likely N-dealkylation sites (tertiary alicyclic amines) is 1. The summed E-state index contributed by atoms with van der Waals surface area (Å²) in [5.74, 6) is 0.849. The fraction of sp³-hybridized carbons (Fsp3) is 0.643. The molecule has 0 unspecified atom stereocenters. The lowest BCUT2D eigenvalue weighted by atomic mass is 9.99. The summed E-state index contributed by atoms with van der Waals surface area (Å²) in [7, 11) is 1.86. The topological polar surface area (TPSA) is 81.3 Å².